The van der Waals surface area contributed by atoms with Gasteiger partial charge < -0.3 is 9.13 Å². The fraction of sp³-hybridized carbons (Fsp3) is 0.0270. The second-order valence-electron chi connectivity index (χ2n) is 9.76. The summed E-state index contributed by atoms with van der Waals surface area (Å²) >= 11 is 0. The molecule has 7 aromatic rings. The summed E-state index contributed by atoms with van der Waals surface area (Å²) in [6, 6.07) is 43.5. The van der Waals surface area contributed by atoms with Crippen molar-refractivity contribution >= 4 is 44.9 Å². The molecule has 0 saturated heterocycles. The van der Waals surface area contributed by atoms with E-state index in [9.17, 15) is 0 Å². The minimum absolute atomic E-state index is 1.13. The van der Waals surface area contributed by atoms with Crippen LogP contribution in [-0.4, -0.2) is 9.13 Å². The van der Waals surface area contributed by atoms with Gasteiger partial charge in [0.05, 0.1) is 33.6 Å². The quantitative estimate of drug-likeness (QED) is 0.222. The molecule has 0 aliphatic carbocycles. The first-order chi connectivity index (χ1) is 19.3. The lowest BCUT2D eigenvalue weighted by Gasteiger charge is -2.19. The van der Waals surface area contributed by atoms with Crippen molar-refractivity contribution in [1.29, 1.82) is 0 Å². The van der Waals surface area contributed by atoms with Crippen molar-refractivity contribution in [1.82, 2.24) is 9.13 Å². The van der Waals surface area contributed by atoms with Gasteiger partial charge in [0.1, 0.15) is 0 Å². The number of fused-ring (bicyclic) bond motifs is 4. The molecule has 186 valence electrons. The van der Waals surface area contributed by atoms with E-state index < -0.39 is 0 Å². The summed E-state index contributed by atoms with van der Waals surface area (Å²) in [6.45, 7) is 6.23. The van der Waals surface area contributed by atoms with Gasteiger partial charge >= 0.3 is 0 Å². The zero-order chi connectivity index (χ0) is 26.3. The lowest BCUT2D eigenvalue weighted by molar-refractivity contribution is 1.10. The van der Waals surface area contributed by atoms with E-state index in [1.165, 1.54) is 43.8 Å². The molecule has 39 heavy (non-hydrogen) atoms. The second kappa shape index (κ2) is 9.34. The van der Waals surface area contributed by atoms with Gasteiger partial charge in [-0.25, -0.2) is 0 Å². The van der Waals surface area contributed by atoms with Crippen LogP contribution in [0.3, 0.4) is 0 Å². The van der Waals surface area contributed by atoms with Gasteiger partial charge in [-0.15, -0.1) is 0 Å². The summed E-state index contributed by atoms with van der Waals surface area (Å²) < 4.78 is 4.79. The third-order valence-electron chi connectivity index (χ3n) is 7.64. The molecule has 5 aromatic carbocycles. The maximum atomic E-state index is 4.17. The molecule has 0 bridgehead atoms. The monoisotopic (exact) mass is 500 g/mol. The molecule has 0 aliphatic rings. The van der Waals surface area contributed by atoms with E-state index in [0.717, 1.165) is 22.6 Å². The van der Waals surface area contributed by atoms with Gasteiger partial charge in [0.25, 0.3) is 0 Å². The van der Waals surface area contributed by atoms with Crippen molar-refractivity contribution < 1.29 is 0 Å². The Morgan fingerprint density at radius 2 is 0.949 bits per heavy atom. The van der Waals surface area contributed by atoms with Gasteiger partial charge in [0, 0.05) is 32.8 Å². The Kier molecular flexibility index (Phi) is 5.53. The number of allylic oxidation sites excluding steroid dienone is 1. The van der Waals surface area contributed by atoms with Crippen molar-refractivity contribution in [2.24, 2.45) is 0 Å². The molecule has 0 radical (unpaired) electrons. The molecule has 2 nitrogen and oxygen atoms in total. The maximum absolute atomic E-state index is 4.17. The van der Waals surface area contributed by atoms with E-state index >= 15 is 0 Å². The molecule has 0 spiro atoms. The Balaban J connectivity index is 1.57. The smallest absolute Gasteiger partial charge is 0.0541 e. The SMILES string of the molecule is C=Cc1c(/C=C\C)n(-c2ccccc2-c2ccccc2-n2c3ccccc3c3ccccc32)c2ccccc12. The summed E-state index contributed by atoms with van der Waals surface area (Å²) in [6.07, 6.45) is 6.27. The van der Waals surface area contributed by atoms with Gasteiger partial charge in [-0.2, -0.15) is 0 Å². The first-order valence-electron chi connectivity index (χ1n) is 13.4. The van der Waals surface area contributed by atoms with E-state index in [1.807, 2.05) is 6.08 Å². The zero-order valence-corrected chi connectivity index (χ0v) is 21.9. The molecule has 0 atom stereocenters. The van der Waals surface area contributed by atoms with Crippen molar-refractivity contribution in [3.05, 3.63) is 145 Å². The largest absolute Gasteiger partial charge is 0.309 e. The highest BCUT2D eigenvalue weighted by atomic mass is 15.0. The summed E-state index contributed by atoms with van der Waals surface area (Å²) in [5.41, 5.74) is 10.5. The van der Waals surface area contributed by atoms with Crippen molar-refractivity contribution in [3.8, 4) is 22.5 Å². The molecule has 2 aromatic heterocycles. The molecule has 0 saturated carbocycles. The topological polar surface area (TPSA) is 9.86 Å². The molecular formula is C37H28N2. The molecule has 0 amide bonds. The fourth-order valence-electron chi connectivity index (χ4n) is 6.06. The minimum atomic E-state index is 1.13. The first-order valence-corrected chi connectivity index (χ1v) is 13.4. The highest BCUT2D eigenvalue weighted by Crippen LogP contribution is 2.40. The Labute approximate surface area is 228 Å². The van der Waals surface area contributed by atoms with Crippen LogP contribution in [0.25, 0.3) is 67.4 Å². The van der Waals surface area contributed by atoms with Gasteiger partial charge in [-0.3, -0.25) is 0 Å². The van der Waals surface area contributed by atoms with Crippen molar-refractivity contribution in [3.63, 3.8) is 0 Å². The molecule has 2 heteroatoms. The lowest BCUT2D eigenvalue weighted by Crippen LogP contribution is -2.02. The Morgan fingerprint density at radius 1 is 0.513 bits per heavy atom. The van der Waals surface area contributed by atoms with E-state index in [1.54, 1.807) is 0 Å². The Morgan fingerprint density at radius 3 is 1.49 bits per heavy atom. The molecule has 0 aliphatic heterocycles. The number of nitrogens with zero attached hydrogens (tertiary/aromatic N) is 2. The second-order valence-corrected chi connectivity index (χ2v) is 9.76. The number of benzene rings is 5. The molecule has 7 rings (SSSR count). The summed E-state index contributed by atoms with van der Waals surface area (Å²) in [4.78, 5) is 0. The predicted octanol–water partition coefficient (Wildman–Crippen LogP) is 10.1. The number of rotatable bonds is 5. The fourth-order valence-corrected chi connectivity index (χ4v) is 6.06. The highest BCUT2D eigenvalue weighted by Gasteiger charge is 2.20. The van der Waals surface area contributed by atoms with Crippen LogP contribution in [-0.2, 0) is 0 Å². The van der Waals surface area contributed by atoms with Gasteiger partial charge in [0.15, 0.2) is 0 Å². The number of hydrogen-bond donors (Lipinski definition) is 0. The molecule has 0 fully saturated rings. The number of hydrogen-bond acceptors (Lipinski definition) is 0. The van der Waals surface area contributed by atoms with Crippen LogP contribution >= 0.6 is 0 Å². The van der Waals surface area contributed by atoms with Crippen molar-refractivity contribution in [2.45, 2.75) is 6.92 Å². The zero-order valence-electron chi connectivity index (χ0n) is 21.9. The van der Waals surface area contributed by atoms with Gasteiger partial charge in [-0.1, -0.05) is 110 Å². The molecule has 0 N–H and O–H groups in total. The highest BCUT2D eigenvalue weighted by molar-refractivity contribution is 6.10. The number of aromatic nitrogens is 2. The van der Waals surface area contributed by atoms with E-state index in [2.05, 4.69) is 156 Å². The van der Waals surface area contributed by atoms with Crippen LogP contribution in [0.15, 0.2) is 134 Å². The minimum Gasteiger partial charge on any atom is -0.309 e. The summed E-state index contributed by atoms with van der Waals surface area (Å²) in [5, 5.41) is 3.73. The molecule has 0 unspecified atom stereocenters. The van der Waals surface area contributed by atoms with Crippen LogP contribution in [0.4, 0.5) is 0 Å². The summed E-state index contributed by atoms with van der Waals surface area (Å²) in [5.74, 6) is 0. The van der Waals surface area contributed by atoms with Crippen molar-refractivity contribution in [2.75, 3.05) is 0 Å². The normalized spacial score (nSPS) is 11.7. The van der Waals surface area contributed by atoms with Crippen LogP contribution in [0.5, 0.6) is 0 Å². The van der Waals surface area contributed by atoms with Crippen LogP contribution in [0.2, 0.25) is 0 Å². The van der Waals surface area contributed by atoms with Crippen LogP contribution < -0.4 is 0 Å². The van der Waals surface area contributed by atoms with Crippen LogP contribution in [0, 0.1) is 0 Å². The third-order valence-corrected chi connectivity index (χ3v) is 7.64. The Bertz CT molecular complexity index is 1990. The first kappa shape index (κ1) is 23.1. The summed E-state index contributed by atoms with van der Waals surface area (Å²) in [7, 11) is 0. The average molecular weight is 501 g/mol. The molecule has 2 heterocycles. The van der Waals surface area contributed by atoms with E-state index in [-0.39, 0.29) is 0 Å². The maximum Gasteiger partial charge on any atom is 0.0541 e. The van der Waals surface area contributed by atoms with Gasteiger partial charge in [-0.05, 0) is 43.3 Å². The number of para-hydroxylation sites is 5. The standard InChI is InChI=1S/C37H28N2/c1-3-15-32-26(4-2)27-16-5-10-21-33(27)38(32)34-22-11-6-17-28(34)29-18-7-12-23-35(29)39-36-24-13-8-19-30(36)31-20-9-14-25-37(31)39/h3-25H,2H2,1H3/b15-3-. The predicted molar refractivity (Wildman–Crippen MR) is 168 cm³/mol. The van der Waals surface area contributed by atoms with E-state index in [4.69, 9.17) is 0 Å². The molecular weight excluding hydrogens is 472 g/mol. The lowest BCUT2D eigenvalue weighted by atomic mass is 10.0. The van der Waals surface area contributed by atoms with Crippen LogP contribution in [0.1, 0.15) is 18.2 Å². The Hall–Kier alpha value is -5.08. The van der Waals surface area contributed by atoms with E-state index in [0.29, 0.717) is 0 Å². The van der Waals surface area contributed by atoms with Gasteiger partial charge in [0.2, 0.25) is 0 Å². The average Bonchev–Trinajstić information content (AvgIpc) is 3.49. The third kappa shape index (κ3) is 3.49.